The van der Waals surface area contributed by atoms with Crippen molar-refractivity contribution in [2.24, 2.45) is 0 Å². The van der Waals surface area contributed by atoms with Gasteiger partial charge in [0.15, 0.2) is 0 Å². The number of aliphatic hydroxyl groups is 1. The predicted molar refractivity (Wildman–Crippen MR) is 124 cm³/mol. The Hall–Kier alpha value is -3.15. The number of pyridine rings is 2. The van der Waals surface area contributed by atoms with Crippen LogP contribution in [0, 0.1) is 11.3 Å². The van der Waals surface area contributed by atoms with Gasteiger partial charge in [-0.2, -0.15) is 10.4 Å². The van der Waals surface area contributed by atoms with E-state index in [0.717, 1.165) is 42.9 Å². The zero-order valence-electron chi connectivity index (χ0n) is 19.1. The van der Waals surface area contributed by atoms with E-state index in [1.165, 1.54) is 0 Å². The number of piperidine rings is 1. The lowest BCUT2D eigenvalue weighted by Crippen LogP contribution is -2.50. The molecule has 0 bridgehead atoms. The van der Waals surface area contributed by atoms with Crippen LogP contribution in [0.2, 0.25) is 0 Å². The number of ether oxygens (including phenoxy) is 1. The van der Waals surface area contributed by atoms with Crippen LogP contribution >= 0.6 is 0 Å². The molecule has 32 heavy (non-hydrogen) atoms. The molecule has 0 unspecified atom stereocenters. The van der Waals surface area contributed by atoms with Gasteiger partial charge in [-0.3, -0.25) is 0 Å². The van der Waals surface area contributed by atoms with Crippen molar-refractivity contribution in [2.75, 3.05) is 31.6 Å². The Balaban J connectivity index is 1.65. The molecular weight excluding hydrogens is 404 g/mol. The van der Waals surface area contributed by atoms with Gasteiger partial charge in [0, 0.05) is 36.0 Å². The minimum absolute atomic E-state index is 0.141. The summed E-state index contributed by atoms with van der Waals surface area (Å²) in [6.45, 7) is 7.69. The second-order valence-electron chi connectivity index (χ2n) is 9.36. The highest BCUT2D eigenvalue weighted by Gasteiger charge is 2.28. The van der Waals surface area contributed by atoms with Crippen molar-refractivity contribution >= 4 is 11.3 Å². The molecule has 1 fully saturated rings. The Bertz CT molecular complexity index is 1130. The summed E-state index contributed by atoms with van der Waals surface area (Å²) in [5, 5.41) is 27.3. The number of hydrogen-bond donors (Lipinski definition) is 2. The van der Waals surface area contributed by atoms with Gasteiger partial charge in [-0.05, 0) is 58.9 Å². The van der Waals surface area contributed by atoms with Crippen molar-refractivity contribution in [3.05, 3.63) is 42.4 Å². The summed E-state index contributed by atoms with van der Waals surface area (Å²) in [5.74, 6) is 1.51. The van der Waals surface area contributed by atoms with Gasteiger partial charge in [-0.25, -0.2) is 9.50 Å². The largest absolute Gasteiger partial charge is 0.489 e. The van der Waals surface area contributed by atoms with Gasteiger partial charge in [0.1, 0.15) is 24.2 Å². The number of rotatable bonds is 6. The molecule has 8 nitrogen and oxygen atoms in total. The maximum atomic E-state index is 10.0. The van der Waals surface area contributed by atoms with Crippen LogP contribution in [-0.4, -0.2) is 57.6 Å². The number of anilines is 1. The van der Waals surface area contributed by atoms with E-state index in [-0.39, 0.29) is 12.1 Å². The topological polar surface area (TPSA) is 98.7 Å². The second kappa shape index (κ2) is 8.41. The number of hydrogen-bond acceptors (Lipinski definition) is 7. The van der Waals surface area contributed by atoms with Crippen molar-refractivity contribution in [1.29, 1.82) is 5.26 Å². The molecule has 3 aromatic rings. The normalized spacial score (nSPS) is 16.2. The summed E-state index contributed by atoms with van der Waals surface area (Å²) in [6, 6.07) is 8.14. The SMILES string of the molecule is CNC1(C)CCN(c2ccc(-c3cc(OCC(C)(C)O)cn4ncc(C#N)c34)cn2)CC1. The van der Waals surface area contributed by atoms with E-state index in [0.29, 0.717) is 16.8 Å². The van der Waals surface area contributed by atoms with E-state index >= 15 is 0 Å². The Labute approximate surface area is 188 Å². The number of nitrogens with zero attached hydrogens (tertiary/aromatic N) is 5. The smallest absolute Gasteiger partial charge is 0.138 e. The minimum atomic E-state index is -0.960. The Morgan fingerprint density at radius 2 is 2.03 bits per heavy atom. The molecule has 8 heteroatoms. The van der Waals surface area contributed by atoms with Crippen LogP contribution in [0.5, 0.6) is 5.75 Å². The summed E-state index contributed by atoms with van der Waals surface area (Å²) >= 11 is 0. The Kier molecular flexibility index (Phi) is 5.80. The van der Waals surface area contributed by atoms with Crippen LogP contribution in [0.15, 0.2) is 36.8 Å². The molecule has 0 aliphatic carbocycles. The van der Waals surface area contributed by atoms with Crippen LogP contribution in [0.3, 0.4) is 0 Å². The fourth-order valence-electron chi connectivity index (χ4n) is 3.95. The molecule has 2 N–H and O–H groups in total. The zero-order valence-corrected chi connectivity index (χ0v) is 19.1. The van der Waals surface area contributed by atoms with E-state index < -0.39 is 5.60 Å². The van der Waals surface area contributed by atoms with Crippen LogP contribution in [0.4, 0.5) is 5.82 Å². The van der Waals surface area contributed by atoms with Crippen LogP contribution in [0.1, 0.15) is 39.2 Å². The highest BCUT2D eigenvalue weighted by Crippen LogP contribution is 2.32. The molecule has 0 atom stereocenters. The standard InChI is InChI=1S/C24H30N6O2/c1-23(2,31)16-32-19-11-20(22-18(12-25)14-28-30(22)15-19)17-5-6-21(27-13-17)29-9-7-24(3,26-4)8-10-29/h5-6,11,13-15,26,31H,7-10,16H2,1-4H3. The molecule has 0 spiro atoms. The summed E-state index contributed by atoms with van der Waals surface area (Å²) in [7, 11) is 2.02. The predicted octanol–water partition coefficient (Wildman–Crippen LogP) is 3.00. The van der Waals surface area contributed by atoms with Gasteiger partial charge in [-0.15, -0.1) is 0 Å². The first-order valence-electron chi connectivity index (χ1n) is 10.9. The van der Waals surface area contributed by atoms with E-state index in [1.807, 2.05) is 31.4 Å². The average Bonchev–Trinajstić information content (AvgIpc) is 3.20. The van der Waals surface area contributed by atoms with Crippen molar-refractivity contribution in [2.45, 2.75) is 44.8 Å². The van der Waals surface area contributed by atoms with E-state index in [1.54, 1.807) is 30.8 Å². The van der Waals surface area contributed by atoms with Gasteiger partial charge < -0.3 is 20.1 Å². The van der Waals surface area contributed by atoms with Gasteiger partial charge in [0.25, 0.3) is 0 Å². The van der Waals surface area contributed by atoms with Gasteiger partial charge in [-0.1, -0.05) is 0 Å². The second-order valence-corrected chi connectivity index (χ2v) is 9.36. The molecule has 1 aliphatic rings. The molecule has 3 aromatic heterocycles. The molecule has 0 saturated carbocycles. The molecule has 168 valence electrons. The fourth-order valence-corrected chi connectivity index (χ4v) is 3.95. The third-order valence-electron chi connectivity index (χ3n) is 6.15. The van der Waals surface area contributed by atoms with Crippen molar-refractivity contribution in [3.8, 4) is 22.9 Å². The molecule has 1 aliphatic heterocycles. The monoisotopic (exact) mass is 434 g/mol. The quantitative estimate of drug-likeness (QED) is 0.615. The summed E-state index contributed by atoms with van der Waals surface area (Å²) in [5.41, 5.74) is 2.11. The van der Waals surface area contributed by atoms with Gasteiger partial charge >= 0.3 is 0 Å². The lowest BCUT2D eigenvalue weighted by molar-refractivity contribution is 0.0283. The Morgan fingerprint density at radius 3 is 2.62 bits per heavy atom. The number of nitrogens with one attached hydrogen (secondary N) is 1. The molecule has 4 heterocycles. The molecule has 0 amide bonds. The van der Waals surface area contributed by atoms with E-state index in [9.17, 15) is 10.4 Å². The average molecular weight is 435 g/mol. The van der Waals surface area contributed by atoms with Crippen LogP contribution < -0.4 is 15.0 Å². The maximum absolute atomic E-state index is 10.0. The molecule has 0 radical (unpaired) electrons. The molecule has 0 aromatic carbocycles. The third kappa shape index (κ3) is 4.54. The fraction of sp³-hybridized carbons (Fsp3) is 0.458. The van der Waals surface area contributed by atoms with Crippen molar-refractivity contribution in [3.63, 3.8) is 0 Å². The third-order valence-corrected chi connectivity index (χ3v) is 6.15. The number of fused-ring (bicyclic) bond motifs is 1. The van der Waals surface area contributed by atoms with E-state index in [2.05, 4.69) is 28.3 Å². The van der Waals surface area contributed by atoms with Crippen LogP contribution in [0.25, 0.3) is 16.6 Å². The van der Waals surface area contributed by atoms with Gasteiger partial charge in [0.2, 0.25) is 0 Å². The summed E-state index contributed by atoms with van der Waals surface area (Å²) in [4.78, 5) is 7.03. The lowest BCUT2D eigenvalue weighted by atomic mass is 9.90. The van der Waals surface area contributed by atoms with Crippen LogP contribution in [-0.2, 0) is 0 Å². The summed E-state index contributed by atoms with van der Waals surface area (Å²) in [6.07, 6.45) is 7.24. The van der Waals surface area contributed by atoms with E-state index in [4.69, 9.17) is 9.72 Å². The number of aromatic nitrogens is 3. The van der Waals surface area contributed by atoms with Crippen molar-refractivity contribution in [1.82, 2.24) is 19.9 Å². The zero-order chi connectivity index (χ0) is 22.9. The minimum Gasteiger partial charge on any atom is -0.489 e. The molecule has 1 saturated heterocycles. The summed E-state index contributed by atoms with van der Waals surface area (Å²) < 4.78 is 7.45. The highest BCUT2D eigenvalue weighted by atomic mass is 16.5. The Morgan fingerprint density at radius 1 is 1.28 bits per heavy atom. The first-order valence-corrected chi connectivity index (χ1v) is 10.9. The highest BCUT2D eigenvalue weighted by molar-refractivity contribution is 5.85. The molecular formula is C24H30N6O2. The first-order chi connectivity index (χ1) is 15.2. The molecule has 4 rings (SSSR count). The van der Waals surface area contributed by atoms with Gasteiger partial charge in [0.05, 0.1) is 29.1 Å². The number of nitriles is 1. The lowest BCUT2D eigenvalue weighted by Gasteiger charge is -2.39. The first kappa shape index (κ1) is 22.1. The maximum Gasteiger partial charge on any atom is 0.138 e. The van der Waals surface area contributed by atoms with Crippen molar-refractivity contribution < 1.29 is 9.84 Å².